The van der Waals surface area contributed by atoms with Gasteiger partial charge in [0.2, 0.25) is 0 Å². The van der Waals surface area contributed by atoms with Crippen molar-refractivity contribution in [3.8, 4) is 17.2 Å². The number of benzene rings is 2. The third-order valence-electron chi connectivity index (χ3n) is 5.84. The minimum atomic E-state index is -0.564. The maximum atomic E-state index is 10.5. The summed E-state index contributed by atoms with van der Waals surface area (Å²) in [4.78, 5) is 13.5. The number of aryl methyl sites for hydroxylation is 1. The van der Waals surface area contributed by atoms with Crippen molar-refractivity contribution in [1.29, 1.82) is 0 Å². The minimum absolute atomic E-state index is 0.254. The number of ether oxygens (including phenoxy) is 1. The van der Waals surface area contributed by atoms with Gasteiger partial charge in [-0.15, -0.1) is 11.3 Å². The zero-order valence-electron chi connectivity index (χ0n) is 19.2. The lowest BCUT2D eigenvalue weighted by atomic mass is 10.2. The topological polar surface area (TPSA) is 87.8 Å². The van der Waals surface area contributed by atoms with E-state index in [0.29, 0.717) is 34.8 Å². The maximum absolute atomic E-state index is 10.5. The highest BCUT2D eigenvalue weighted by molar-refractivity contribution is 7.18. The summed E-state index contributed by atoms with van der Waals surface area (Å²) >= 11 is 13.7. The zero-order valence-corrected chi connectivity index (χ0v) is 21.5. The lowest BCUT2D eigenvalue weighted by Crippen LogP contribution is -2.48. The minimum Gasteiger partial charge on any atom is -0.491 e. The Kier molecular flexibility index (Phi) is 7.52. The Morgan fingerprint density at radius 1 is 1.06 bits per heavy atom. The van der Waals surface area contributed by atoms with E-state index in [0.717, 1.165) is 52.7 Å². The summed E-state index contributed by atoms with van der Waals surface area (Å²) in [6, 6.07) is 11.1. The third-order valence-corrected chi connectivity index (χ3v) is 7.52. The second-order valence-electron chi connectivity index (χ2n) is 8.55. The van der Waals surface area contributed by atoms with Crippen molar-refractivity contribution in [2.45, 2.75) is 19.6 Å². The van der Waals surface area contributed by atoms with Crippen LogP contribution in [-0.2, 0) is 6.54 Å². The molecule has 3 heterocycles. The van der Waals surface area contributed by atoms with Crippen LogP contribution in [0.3, 0.4) is 0 Å². The first-order valence-corrected chi connectivity index (χ1v) is 12.9. The van der Waals surface area contributed by atoms with Gasteiger partial charge in [-0.05, 0) is 43.3 Å². The molecule has 0 aliphatic carbocycles. The fraction of sp³-hybridized carbons (Fsp3) is 0.375. The zero-order chi connectivity index (χ0) is 24.4. The Labute approximate surface area is 217 Å². The van der Waals surface area contributed by atoms with E-state index in [1.165, 1.54) is 0 Å². The van der Waals surface area contributed by atoms with Gasteiger partial charge in [0.25, 0.3) is 5.89 Å². The highest BCUT2D eigenvalue weighted by Gasteiger charge is 2.21. The van der Waals surface area contributed by atoms with Crippen molar-refractivity contribution in [1.82, 2.24) is 24.9 Å². The number of aliphatic hydroxyl groups is 1. The number of piperazine rings is 1. The molecule has 1 N–H and O–H groups in total. The average Bonchev–Trinajstić information content (AvgIpc) is 3.46. The van der Waals surface area contributed by atoms with Gasteiger partial charge in [0.05, 0.1) is 31.8 Å². The quantitative estimate of drug-likeness (QED) is 0.353. The molecule has 0 saturated carbocycles. The Hall–Kier alpha value is -2.27. The average molecular weight is 534 g/mol. The van der Waals surface area contributed by atoms with E-state index in [1.807, 2.05) is 25.1 Å². The molecule has 4 aromatic rings. The van der Waals surface area contributed by atoms with E-state index in [4.69, 9.17) is 32.5 Å². The Morgan fingerprint density at radius 2 is 1.86 bits per heavy atom. The fourth-order valence-corrected chi connectivity index (χ4v) is 5.20. The van der Waals surface area contributed by atoms with Gasteiger partial charge < -0.3 is 14.4 Å². The Morgan fingerprint density at radius 3 is 2.66 bits per heavy atom. The molecule has 2 aromatic carbocycles. The third kappa shape index (κ3) is 6.11. The van der Waals surface area contributed by atoms with Crippen LogP contribution < -0.4 is 4.74 Å². The van der Waals surface area contributed by atoms with E-state index in [2.05, 4.69) is 24.9 Å². The van der Waals surface area contributed by atoms with Crippen molar-refractivity contribution in [2.24, 2.45) is 0 Å². The molecule has 0 amide bonds. The Bertz CT molecular complexity index is 1310. The summed E-state index contributed by atoms with van der Waals surface area (Å²) in [5.74, 6) is 1.80. The number of rotatable bonds is 8. The second kappa shape index (κ2) is 10.8. The summed E-state index contributed by atoms with van der Waals surface area (Å²) in [5.41, 5.74) is 1.71. The normalized spacial score (nSPS) is 16.1. The molecule has 1 saturated heterocycles. The SMILES string of the molecule is Cc1nc2ccc(OC[C@@H](O)CN3CCN(Cc4noc(-c5ccc(Cl)c(Cl)c5)n4)CC3)cc2s1. The molecular weight excluding hydrogens is 509 g/mol. The first kappa shape index (κ1) is 24.4. The van der Waals surface area contributed by atoms with Crippen molar-refractivity contribution in [3.05, 3.63) is 57.3 Å². The molecule has 0 unspecified atom stereocenters. The lowest BCUT2D eigenvalue weighted by molar-refractivity contribution is 0.0440. The summed E-state index contributed by atoms with van der Waals surface area (Å²) in [5, 5.41) is 16.6. The summed E-state index contributed by atoms with van der Waals surface area (Å²) in [6.45, 7) is 6.82. The molecule has 1 aliphatic heterocycles. The van der Waals surface area contributed by atoms with Crippen molar-refractivity contribution in [2.75, 3.05) is 39.3 Å². The van der Waals surface area contributed by atoms with Gasteiger partial charge in [0.15, 0.2) is 5.82 Å². The van der Waals surface area contributed by atoms with Gasteiger partial charge in [-0.2, -0.15) is 4.98 Å². The van der Waals surface area contributed by atoms with Crippen LogP contribution in [0.4, 0.5) is 0 Å². The molecule has 0 spiro atoms. The van der Waals surface area contributed by atoms with Crippen LogP contribution in [0.5, 0.6) is 5.75 Å². The van der Waals surface area contributed by atoms with Gasteiger partial charge in [0.1, 0.15) is 18.5 Å². The van der Waals surface area contributed by atoms with E-state index < -0.39 is 6.10 Å². The first-order chi connectivity index (χ1) is 16.9. The van der Waals surface area contributed by atoms with E-state index in [9.17, 15) is 5.11 Å². The predicted molar refractivity (Wildman–Crippen MR) is 137 cm³/mol. The Balaban J connectivity index is 1.06. The highest BCUT2D eigenvalue weighted by Crippen LogP contribution is 2.28. The lowest BCUT2D eigenvalue weighted by Gasteiger charge is -2.34. The summed E-state index contributed by atoms with van der Waals surface area (Å²) < 4.78 is 12.3. The van der Waals surface area contributed by atoms with E-state index in [1.54, 1.807) is 29.5 Å². The molecule has 5 rings (SSSR count). The largest absolute Gasteiger partial charge is 0.491 e. The highest BCUT2D eigenvalue weighted by atomic mass is 35.5. The predicted octanol–water partition coefficient (Wildman–Crippen LogP) is 4.52. The molecule has 8 nitrogen and oxygen atoms in total. The van der Waals surface area contributed by atoms with Crippen molar-refractivity contribution in [3.63, 3.8) is 0 Å². The second-order valence-corrected chi connectivity index (χ2v) is 10.6. The number of aliphatic hydroxyl groups excluding tert-OH is 1. The van der Waals surface area contributed by atoms with E-state index >= 15 is 0 Å². The van der Waals surface area contributed by atoms with Gasteiger partial charge in [-0.25, -0.2) is 4.98 Å². The van der Waals surface area contributed by atoms with Crippen LogP contribution in [0.25, 0.3) is 21.7 Å². The molecule has 2 aromatic heterocycles. The van der Waals surface area contributed by atoms with Gasteiger partial charge in [-0.3, -0.25) is 9.80 Å². The van der Waals surface area contributed by atoms with Crippen LogP contribution in [-0.4, -0.2) is 75.5 Å². The molecule has 0 bridgehead atoms. The van der Waals surface area contributed by atoms with Crippen LogP contribution in [0.2, 0.25) is 10.0 Å². The molecule has 0 radical (unpaired) electrons. The molecule has 1 aliphatic rings. The standard InChI is InChI=1S/C24H25Cl2N5O3S/c1-15-27-21-5-3-18(11-22(21)35-15)33-14-17(32)12-30-6-8-31(9-7-30)13-23-28-24(34-29-23)16-2-4-19(25)20(26)10-16/h2-5,10-11,17,32H,6-9,12-14H2,1H3/t17-/m0/s1. The number of hydrogen-bond donors (Lipinski definition) is 1. The van der Waals surface area contributed by atoms with E-state index in [-0.39, 0.29) is 6.61 Å². The molecule has 184 valence electrons. The molecule has 1 fully saturated rings. The molecule has 35 heavy (non-hydrogen) atoms. The smallest absolute Gasteiger partial charge is 0.258 e. The van der Waals surface area contributed by atoms with Crippen molar-refractivity contribution < 1.29 is 14.4 Å². The van der Waals surface area contributed by atoms with Crippen molar-refractivity contribution >= 4 is 44.8 Å². The number of hydrogen-bond acceptors (Lipinski definition) is 9. The maximum Gasteiger partial charge on any atom is 0.258 e. The van der Waals surface area contributed by atoms with Gasteiger partial charge in [0, 0.05) is 38.3 Å². The van der Waals surface area contributed by atoms with Crippen LogP contribution in [0.1, 0.15) is 10.8 Å². The fourth-order valence-electron chi connectivity index (χ4n) is 4.05. The number of aromatic nitrogens is 3. The summed E-state index contributed by atoms with van der Waals surface area (Å²) in [6.07, 6.45) is -0.564. The number of halogens is 2. The van der Waals surface area contributed by atoms with Crippen LogP contribution in [0, 0.1) is 6.92 Å². The molecule has 1 atom stereocenters. The number of β-amino-alcohol motifs (C(OH)–C–C–N with tert-alkyl or cyclic N) is 1. The number of fused-ring (bicyclic) bond motifs is 1. The monoisotopic (exact) mass is 533 g/mol. The van der Waals surface area contributed by atoms with Gasteiger partial charge in [-0.1, -0.05) is 28.4 Å². The molecule has 11 heteroatoms. The molecular formula is C24H25Cl2N5O3S. The summed E-state index contributed by atoms with van der Waals surface area (Å²) in [7, 11) is 0. The first-order valence-electron chi connectivity index (χ1n) is 11.3. The van der Waals surface area contributed by atoms with Crippen LogP contribution in [0.15, 0.2) is 40.9 Å². The number of thiazole rings is 1. The van der Waals surface area contributed by atoms with Gasteiger partial charge >= 0.3 is 0 Å². The number of nitrogens with zero attached hydrogens (tertiary/aromatic N) is 5. The van der Waals surface area contributed by atoms with Crippen LogP contribution >= 0.6 is 34.5 Å².